The molecule has 0 bridgehead atoms. The molecule has 2 aliphatic rings. The molecule has 0 unspecified atom stereocenters. The Labute approximate surface area is 218 Å². The van der Waals surface area contributed by atoms with Crippen molar-refractivity contribution in [3.8, 4) is 0 Å². The lowest BCUT2D eigenvalue weighted by Crippen LogP contribution is -2.44. The lowest BCUT2D eigenvalue weighted by atomic mass is 9.90. The monoisotopic (exact) mass is 512 g/mol. The van der Waals surface area contributed by atoms with Gasteiger partial charge in [0.1, 0.15) is 6.10 Å². The summed E-state index contributed by atoms with van der Waals surface area (Å²) in [7, 11) is -3.30. The van der Waals surface area contributed by atoms with Crippen LogP contribution in [0.5, 0.6) is 0 Å². The predicted molar refractivity (Wildman–Crippen MR) is 157 cm³/mol. The molecule has 6 atom stereocenters. The van der Waals surface area contributed by atoms with Gasteiger partial charge in [-0.1, -0.05) is 117 Å². The molecule has 0 aromatic heterocycles. The van der Waals surface area contributed by atoms with Gasteiger partial charge in [-0.2, -0.15) is 0 Å². The van der Waals surface area contributed by atoms with E-state index in [1.165, 1.54) is 11.1 Å². The van der Waals surface area contributed by atoms with Gasteiger partial charge in [0.25, 0.3) is 0 Å². The molecule has 4 heteroatoms. The molecular formula is C31H52O2Si2. The number of carbonyl (C=O) groups excluding carboxylic acids is 1. The highest BCUT2D eigenvalue weighted by Crippen LogP contribution is 2.59. The first-order valence-electron chi connectivity index (χ1n) is 13.8. The number of hydrogen-bond donors (Lipinski definition) is 0. The smallest absolute Gasteiger partial charge is 0.306 e. The number of benzene rings is 1. The summed E-state index contributed by atoms with van der Waals surface area (Å²) >= 11 is 0. The van der Waals surface area contributed by atoms with E-state index in [9.17, 15) is 4.79 Å². The van der Waals surface area contributed by atoms with Gasteiger partial charge in [0.2, 0.25) is 0 Å². The quantitative estimate of drug-likeness (QED) is 0.215. The Morgan fingerprint density at radius 2 is 1.66 bits per heavy atom. The lowest BCUT2D eigenvalue weighted by Gasteiger charge is -2.46. The summed E-state index contributed by atoms with van der Waals surface area (Å²) in [6.07, 6.45) is 7.00. The molecular weight excluding hydrogens is 461 g/mol. The van der Waals surface area contributed by atoms with Crippen LogP contribution in [0.3, 0.4) is 0 Å². The summed E-state index contributed by atoms with van der Waals surface area (Å²) < 4.78 is 5.87. The molecule has 0 N–H and O–H groups in total. The van der Waals surface area contributed by atoms with Crippen molar-refractivity contribution in [3.05, 3.63) is 47.5 Å². The van der Waals surface area contributed by atoms with E-state index in [1.54, 1.807) is 0 Å². The summed E-state index contributed by atoms with van der Waals surface area (Å²) in [5, 5.41) is 0.615. The van der Waals surface area contributed by atoms with Gasteiger partial charge in [0.15, 0.2) is 0 Å². The van der Waals surface area contributed by atoms with Crippen molar-refractivity contribution in [2.75, 3.05) is 0 Å². The minimum absolute atomic E-state index is 0.0150. The van der Waals surface area contributed by atoms with Gasteiger partial charge < -0.3 is 4.74 Å². The molecule has 1 saturated carbocycles. The first kappa shape index (κ1) is 28.4. The Balaban J connectivity index is 2.05. The van der Waals surface area contributed by atoms with Crippen LogP contribution in [-0.2, 0) is 9.53 Å². The van der Waals surface area contributed by atoms with E-state index < -0.39 is 16.1 Å². The van der Waals surface area contributed by atoms with Gasteiger partial charge in [-0.3, -0.25) is 4.79 Å². The summed E-state index contributed by atoms with van der Waals surface area (Å²) in [6.45, 7) is 29.6. The van der Waals surface area contributed by atoms with Crippen LogP contribution < -0.4 is 0 Å². The van der Waals surface area contributed by atoms with Crippen LogP contribution in [0.25, 0.3) is 0 Å². The molecule has 1 saturated heterocycles. The van der Waals surface area contributed by atoms with Crippen LogP contribution in [0.2, 0.25) is 47.3 Å². The van der Waals surface area contributed by atoms with E-state index in [2.05, 4.69) is 118 Å². The number of esters is 1. The van der Waals surface area contributed by atoms with Crippen LogP contribution in [0, 0.1) is 18.8 Å². The summed E-state index contributed by atoms with van der Waals surface area (Å²) in [6, 6.07) is 9.11. The average molecular weight is 513 g/mol. The molecule has 1 aromatic carbocycles. The molecule has 1 aromatic rings. The van der Waals surface area contributed by atoms with Crippen molar-refractivity contribution in [1.29, 1.82) is 0 Å². The molecule has 196 valence electrons. The maximum Gasteiger partial charge on any atom is 0.306 e. The summed E-state index contributed by atoms with van der Waals surface area (Å²) in [4.78, 5) is 12.3. The fraction of sp³-hybridized carbons (Fsp3) is 0.710. The largest absolute Gasteiger partial charge is 0.462 e. The Morgan fingerprint density at radius 1 is 1.03 bits per heavy atom. The fourth-order valence-electron chi connectivity index (χ4n) is 6.49. The number of ether oxygens (including phenoxy) is 1. The number of allylic oxidation sites excluding steroid dienone is 2. The molecule has 3 rings (SSSR count). The van der Waals surface area contributed by atoms with Crippen molar-refractivity contribution in [2.45, 2.75) is 128 Å². The van der Waals surface area contributed by atoms with E-state index in [-0.39, 0.29) is 12.1 Å². The van der Waals surface area contributed by atoms with Gasteiger partial charge in [-0.15, -0.1) is 0 Å². The molecule has 35 heavy (non-hydrogen) atoms. The second-order valence-electron chi connectivity index (χ2n) is 14.9. The molecule has 0 spiro atoms. The third kappa shape index (κ3) is 5.44. The number of carbonyl (C=O) groups is 1. The van der Waals surface area contributed by atoms with Crippen molar-refractivity contribution < 1.29 is 9.53 Å². The minimum Gasteiger partial charge on any atom is -0.462 e. The Kier molecular flexibility index (Phi) is 7.82. The van der Waals surface area contributed by atoms with Crippen molar-refractivity contribution in [2.24, 2.45) is 11.8 Å². The highest BCUT2D eigenvalue weighted by atomic mass is 28.3. The molecule has 1 aliphatic carbocycles. The van der Waals surface area contributed by atoms with E-state index in [0.717, 1.165) is 6.42 Å². The van der Waals surface area contributed by atoms with E-state index >= 15 is 0 Å². The topological polar surface area (TPSA) is 26.3 Å². The van der Waals surface area contributed by atoms with Crippen LogP contribution in [0.15, 0.2) is 36.4 Å². The summed E-state index contributed by atoms with van der Waals surface area (Å²) in [5.41, 5.74) is 3.97. The first-order chi connectivity index (χ1) is 15.9. The third-order valence-corrected chi connectivity index (χ3v) is 23.4. The first-order valence-corrected chi connectivity index (χ1v) is 20.0. The zero-order chi connectivity index (χ0) is 26.6. The molecule has 2 nitrogen and oxygen atoms in total. The fourth-order valence-corrected chi connectivity index (χ4v) is 12.8. The Bertz CT molecular complexity index is 947. The molecule has 1 heterocycles. The number of fused-ring (bicyclic) bond motifs is 1. The van der Waals surface area contributed by atoms with E-state index in [0.29, 0.717) is 45.3 Å². The van der Waals surface area contributed by atoms with Gasteiger partial charge >= 0.3 is 5.97 Å². The number of aryl methyl sites for hydroxylation is 1. The highest BCUT2D eigenvalue weighted by Gasteiger charge is 2.56. The van der Waals surface area contributed by atoms with Gasteiger partial charge in [0, 0.05) is 5.92 Å². The molecule has 0 amide bonds. The Morgan fingerprint density at radius 3 is 2.20 bits per heavy atom. The van der Waals surface area contributed by atoms with Crippen LogP contribution in [0.4, 0.5) is 0 Å². The lowest BCUT2D eigenvalue weighted by molar-refractivity contribution is -0.141. The van der Waals surface area contributed by atoms with Crippen LogP contribution in [-0.4, -0.2) is 28.2 Å². The zero-order valence-corrected chi connectivity index (χ0v) is 26.7. The van der Waals surface area contributed by atoms with Crippen molar-refractivity contribution in [1.82, 2.24) is 0 Å². The second kappa shape index (κ2) is 9.63. The highest BCUT2D eigenvalue weighted by molar-refractivity contribution is 6.82. The maximum atomic E-state index is 12.3. The van der Waals surface area contributed by atoms with E-state index in [1.807, 2.05) is 0 Å². The van der Waals surface area contributed by atoms with E-state index in [4.69, 9.17) is 4.74 Å². The maximum absolute atomic E-state index is 12.3. The predicted octanol–water partition coefficient (Wildman–Crippen LogP) is 9.36. The molecule has 0 radical (unpaired) electrons. The normalized spacial score (nSPS) is 27.7. The van der Waals surface area contributed by atoms with Crippen molar-refractivity contribution >= 4 is 22.1 Å². The summed E-state index contributed by atoms with van der Waals surface area (Å²) in [5.74, 6) is 1.29. The van der Waals surface area contributed by atoms with Gasteiger partial charge in [-0.25, -0.2) is 0 Å². The standard InChI is InChI=1S/C31H52O2Si2/c1-21-14-13-15-23(18-21)22(2)27(34(9,10)30(3,4)5)17-16-24-25-19-29(32)33-26(25)20-28(24)35(11,12)31(6,7)8/h13-18,22,24-28H,19-20H2,1-12H3/b17-16+/t22-,24-,25-,26+,27-,28-/m1/s1. The zero-order valence-electron chi connectivity index (χ0n) is 24.7. The molecule has 1 aliphatic heterocycles. The Hall–Kier alpha value is -1.14. The van der Waals surface area contributed by atoms with Gasteiger partial charge in [0.05, 0.1) is 22.6 Å². The number of hydrogen-bond acceptors (Lipinski definition) is 2. The third-order valence-electron chi connectivity index (χ3n) is 10.9. The van der Waals surface area contributed by atoms with Crippen molar-refractivity contribution in [3.63, 3.8) is 0 Å². The van der Waals surface area contributed by atoms with Crippen LogP contribution in [0.1, 0.15) is 78.4 Å². The molecule has 2 fully saturated rings. The second-order valence-corrected chi connectivity index (χ2v) is 26.2. The van der Waals surface area contributed by atoms with Gasteiger partial charge in [-0.05, 0) is 51.9 Å². The van der Waals surface area contributed by atoms with Crippen LogP contribution >= 0.6 is 0 Å². The number of rotatable bonds is 6. The minimum atomic E-state index is -1.69. The SMILES string of the molecule is Cc1cccc([C@@H](C)[C@@H](/C=C/[C@@H]2[C@H]3CC(=O)O[C@H]3C[C@H]2[Si](C)(C)C(C)(C)C)[Si](C)(C)C(C)(C)C)c1. The average Bonchev–Trinajstić information content (AvgIpc) is 3.23.